The van der Waals surface area contributed by atoms with Crippen LogP contribution in [0.25, 0.3) is 0 Å². The Morgan fingerprint density at radius 1 is 1.30 bits per heavy atom. The van der Waals surface area contributed by atoms with Gasteiger partial charge in [-0.25, -0.2) is 0 Å². The SMILES string of the molecule is Cc1[nH]c(C=O)c(C)c1CC(=O)N1C[C@@H](C)N[C@@H](C)C1. The highest BCUT2D eigenvalue weighted by Gasteiger charge is 2.25. The number of nitrogens with zero attached hydrogens (tertiary/aromatic N) is 1. The van der Waals surface area contributed by atoms with E-state index in [1.807, 2.05) is 18.7 Å². The third-order valence-corrected chi connectivity index (χ3v) is 3.99. The monoisotopic (exact) mass is 277 g/mol. The van der Waals surface area contributed by atoms with Crippen LogP contribution in [0.15, 0.2) is 0 Å². The lowest BCUT2D eigenvalue weighted by molar-refractivity contribution is -0.132. The van der Waals surface area contributed by atoms with Gasteiger partial charge in [0, 0.05) is 30.9 Å². The smallest absolute Gasteiger partial charge is 0.227 e. The highest BCUT2D eigenvalue weighted by Crippen LogP contribution is 2.18. The summed E-state index contributed by atoms with van der Waals surface area (Å²) in [7, 11) is 0. The number of carbonyl (C=O) groups excluding carboxylic acids is 2. The first-order valence-corrected chi connectivity index (χ1v) is 7.09. The Bertz CT molecular complexity index is 511. The third kappa shape index (κ3) is 2.93. The molecule has 0 unspecified atom stereocenters. The molecule has 1 aliphatic heterocycles. The number of hydrogen-bond acceptors (Lipinski definition) is 3. The first kappa shape index (κ1) is 14.8. The maximum Gasteiger partial charge on any atom is 0.227 e. The van der Waals surface area contributed by atoms with E-state index in [0.29, 0.717) is 24.2 Å². The zero-order valence-corrected chi connectivity index (χ0v) is 12.6. The van der Waals surface area contributed by atoms with Crippen molar-refractivity contribution in [1.82, 2.24) is 15.2 Å². The van der Waals surface area contributed by atoms with Crippen LogP contribution >= 0.6 is 0 Å². The molecule has 20 heavy (non-hydrogen) atoms. The molecular weight excluding hydrogens is 254 g/mol. The van der Waals surface area contributed by atoms with Crippen LogP contribution in [0.1, 0.15) is 41.2 Å². The first-order chi connectivity index (χ1) is 9.42. The number of aromatic amines is 1. The highest BCUT2D eigenvalue weighted by atomic mass is 16.2. The van der Waals surface area contributed by atoms with Gasteiger partial charge in [-0.15, -0.1) is 0 Å². The molecule has 0 saturated carbocycles. The minimum Gasteiger partial charge on any atom is -0.356 e. The number of piperazine rings is 1. The lowest BCUT2D eigenvalue weighted by atomic mass is 10.0. The normalized spacial score (nSPS) is 22.9. The van der Waals surface area contributed by atoms with Crippen LogP contribution in [-0.4, -0.2) is 47.3 Å². The van der Waals surface area contributed by atoms with Crippen molar-refractivity contribution in [3.05, 3.63) is 22.5 Å². The molecule has 2 atom stereocenters. The standard InChI is InChI=1S/C15H23N3O2/c1-9-6-18(7-10(2)16-9)15(20)5-13-11(3)14(8-19)17-12(13)4/h8-10,16-17H,5-7H2,1-4H3/t9-,10+. The lowest BCUT2D eigenvalue weighted by Gasteiger charge is -2.36. The number of aldehydes is 1. The fourth-order valence-corrected chi connectivity index (χ4v) is 2.99. The van der Waals surface area contributed by atoms with Gasteiger partial charge in [0.2, 0.25) is 5.91 Å². The van der Waals surface area contributed by atoms with Gasteiger partial charge in [0.25, 0.3) is 0 Å². The molecule has 0 spiro atoms. The molecule has 1 aliphatic rings. The predicted molar refractivity (Wildman–Crippen MR) is 78.0 cm³/mol. The Balaban J connectivity index is 2.12. The maximum absolute atomic E-state index is 12.5. The number of nitrogens with one attached hydrogen (secondary N) is 2. The molecule has 2 N–H and O–H groups in total. The van der Waals surface area contributed by atoms with Crippen molar-refractivity contribution in [2.24, 2.45) is 0 Å². The molecule has 5 nitrogen and oxygen atoms in total. The van der Waals surface area contributed by atoms with Gasteiger partial charge in [0.15, 0.2) is 6.29 Å². The summed E-state index contributed by atoms with van der Waals surface area (Å²) in [5.41, 5.74) is 3.33. The third-order valence-electron chi connectivity index (χ3n) is 3.99. The summed E-state index contributed by atoms with van der Waals surface area (Å²) in [6, 6.07) is 0.642. The predicted octanol–water partition coefficient (Wildman–Crippen LogP) is 1.20. The average molecular weight is 277 g/mol. The van der Waals surface area contributed by atoms with Crippen LogP contribution in [0.4, 0.5) is 0 Å². The van der Waals surface area contributed by atoms with E-state index in [2.05, 4.69) is 24.1 Å². The first-order valence-electron chi connectivity index (χ1n) is 7.09. The largest absolute Gasteiger partial charge is 0.356 e. The quantitative estimate of drug-likeness (QED) is 0.816. The Morgan fingerprint density at radius 3 is 2.40 bits per heavy atom. The summed E-state index contributed by atoms with van der Waals surface area (Å²) in [5, 5.41) is 3.42. The van der Waals surface area contributed by atoms with Crippen LogP contribution in [0.3, 0.4) is 0 Å². The van der Waals surface area contributed by atoms with E-state index in [1.54, 1.807) is 0 Å². The van der Waals surface area contributed by atoms with E-state index in [9.17, 15) is 9.59 Å². The molecule has 0 aromatic carbocycles. The van der Waals surface area contributed by atoms with Crippen molar-refractivity contribution in [1.29, 1.82) is 0 Å². The topological polar surface area (TPSA) is 65.2 Å². The van der Waals surface area contributed by atoms with Crippen LogP contribution in [0.2, 0.25) is 0 Å². The molecule has 0 aliphatic carbocycles. The fraction of sp³-hybridized carbons (Fsp3) is 0.600. The maximum atomic E-state index is 12.5. The summed E-state index contributed by atoms with van der Waals surface area (Å²) in [4.78, 5) is 28.3. The number of aromatic nitrogens is 1. The van der Waals surface area contributed by atoms with Crippen molar-refractivity contribution < 1.29 is 9.59 Å². The van der Waals surface area contributed by atoms with Gasteiger partial charge in [0.05, 0.1) is 12.1 Å². The number of H-pyrrole nitrogens is 1. The highest BCUT2D eigenvalue weighted by molar-refractivity contribution is 5.82. The van der Waals surface area contributed by atoms with Crippen LogP contribution in [-0.2, 0) is 11.2 Å². The van der Waals surface area contributed by atoms with Crippen LogP contribution in [0, 0.1) is 13.8 Å². The molecule has 1 amide bonds. The molecule has 0 radical (unpaired) electrons. The summed E-state index contributed by atoms with van der Waals surface area (Å²) in [6.45, 7) is 9.46. The summed E-state index contributed by atoms with van der Waals surface area (Å²) < 4.78 is 0. The lowest BCUT2D eigenvalue weighted by Crippen LogP contribution is -2.56. The second-order valence-corrected chi connectivity index (χ2v) is 5.83. The van der Waals surface area contributed by atoms with Gasteiger partial charge in [-0.2, -0.15) is 0 Å². The molecule has 1 aromatic rings. The molecule has 1 fully saturated rings. The second kappa shape index (κ2) is 5.79. The molecule has 5 heteroatoms. The molecule has 2 rings (SSSR count). The minimum absolute atomic E-state index is 0.132. The van der Waals surface area contributed by atoms with Crippen molar-refractivity contribution >= 4 is 12.2 Å². The van der Waals surface area contributed by atoms with E-state index in [4.69, 9.17) is 0 Å². The summed E-state index contributed by atoms with van der Waals surface area (Å²) in [5.74, 6) is 0.132. The van der Waals surface area contributed by atoms with Crippen molar-refractivity contribution in [2.75, 3.05) is 13.1 Å². The van der Waals surface area contributed by atoms with Crippen molar-refractivity contribution in [3.63, 3.8) is 0 Å². The number of carbonyl (C=O) groups is 2. The molecule has 1 aromatic heterocycles. The fourth-order valence-electron chi connectivity index (χ4n) is 2.99. The second-order valence-electron chi connectivity index (χ2n) is 5.83. The molecule has 110 valence electrons. The van der Waals surface area contributed by atoms with Crippen molar-refractivity contribution in [2.45, 2.75) is 46.2 Å². The molecule has 0 bridgehead atoms. The Morgan fingerprint density at radius 2 is 1.90 bits per heavy atom. The number of hydrogen-bond donors (Lipinski definition) is 2. The zero-order chi connectivity index (χ0) is 14.9. The Kier molecular flexibility index (Phi) is 4.28. The van der Waals surface area contributed by atoms with Gasteiger partial charge in [0.1, 0.15) is 0 Å². The molecule has 1 saturated heterocycles. The molecule has 2 heterocycles. The van der Waals surface area contributed by atoms with Gasteiger partial charge in [-0.3, -0.25) is 9.59 Å². The van der Waals surface area contributed by atoms with Crippen LogP contribution in [0.5, 0.6) is 0 Å². The van der Waals surface area contributed by atoms with E-state index in [0.717, 1.165) is 36.2 Å². The number of aryl methyl sites for hydroxylation is 1. The van der Waals surface area contributed by atoms with E-state index in [-0.39, 0.29) is 5.91 Å². The summed E-state index contributed by atoms with van der Waals surface area (Å²) >= 11 is 0. The van der Waals surface area contributed by atoms with Gasteiger partial charge >= 0.3 is 0 Å². The minimum atomic E-state index is 0.132. The van der Waals surface area contributed by atoms with Gasteiger partial charge < -0.3 is 15.2 Å². The average Bonchev–Trinajstić information content (AvgIpc) is 2.65. The Labute approximate surface area is 119 Å². The van der Waals surface area contributed by atoms with Crippen molar-refractivity contribution in [3.8, 4) is 0 Å². The Hall–Kier alpha value is -1.62. The van der Waals surface area contributed by atoms with Crippen LogP contribution < -0.4 is 5.32 Å². The van der Waals surface area contributed by atoms with Gasteiger partial charge in [-0.1, -0.05) is 0 Å². The van der Waals surface area contributed by atoms with E-state index >= 15 is 0 Å². The molecular formula is C15H23N3O2. The van der Waals surface area contributed by atoms with E-state index < -0.39 is 0 Å². The zero-order valence-electron chi connectivity index (χ0n) is 12.6. The number of rotatable bonds is 3. The summed E-state index contributed by atoms with van der Waals surface area (Å²) in [6.07, 6.45) is 1.17. The number of amides is 1. The van der Waals surface area contributed by atoms with Gasteiger partial charge in [-0.05, 0) is 38.8 Å². The van der Waals surface area contributed by atoms with E-state index in [1.165, 1.54) is 0 Å².